The minimum absolute atomic E-state index is 0.438. The Balaban J connectivity index is 2.11. The highest BCUT2D eigenvalue weighted by molar-refractivity contribution is 5.96. The van der Waals surface area contributed by atoms with Gasteiger partial charge in [-0.05, 0) is 30.5 Å². The van der Waals surface area contributed by atoms with E-state index in [9.17, 15) is 0 Å². The quantitative estimate of drug-likeness (QED) is 0.715. The maximum absolute atomic E-state index is 8.86. The van der Waals surface area contributed by atoms with Crippen molar-refractivity contribution in [2.75, 3.05) is 11.4 Å². The number of hydrogen-bond donors (Lipinski definition) is 0. The van der Waals surface area contributed by atoms with Gasteiger partial charge in [0.25, 0.3) is 0 Å². The molecule has 3 nitrogen and oxygen atoms in total. The standard InChI is InChI=1S/C18H15N3/c1-2-21(16-11-10-15(12-19)20-13-16)18-9-5-7-14-6-3-4-8-17(14)18/h3-11,13H,2H2,1H3. The van der Waals surface area contributed by atoms with Crippen molar-refractivity contribution in [1.82, 2.24) is 4.98 Å². The predicted octanol–water partition coefficient (Wildman–Crippen LogP) is 4.26. The second kappa shape index (κ2) is 5.64. The number of anilines is 2. The van der Waals surface area contributed by atoms with E-state index in [1.807, 2.05) is 12.1 Å². The third-order valence-electron chi connectivity index (χ3n) is 3.55. The van der Waals surface area contributed by atoms with Gasteiger partial charge in [0.15, 0.2) is 0 Å². The second-order valence-corrected chi connectivity index (χ2v) is 4.76. The summed E-state index contributed by atoms with van der Waals surface area (Å²) in [5.74, 6) is 0. The number of aromatic nitrogens is 1. The molecule has 3 aromatic rings. The average Bonchev–Trinajstić information content (AvgIpc) is 2.56. The van der Waals surface area contributed by atoms with Gasteiger partial charge in [-0.15, -0.1) is 0 Å². The molecule has 0 spiro atoms. The Kier molecular flexibility index (Phi) is 3.53. The van der Waals surface area contributed by atoms with Gasteiger partial charge in [0.05, 0.1) is 11.9 Å². The van der Waals surface area contributed by atoms with Gasteiger partial charge in [-0.3, -0.25) is 0 Å². The van der Waals surface area contributed by atoms with E-state index >= 15 is 0 Å². The molecule has 1 heterocycles. The van der Waals surface area contributed by atoms with E-state index in [0.29, 0.717) is 5.69 Å². The molecule has 0 fully saturated rings. The van der Waals surface area contributed by atoms with Gasteiger partial charge >= 0.3 is 0 Å². The molecule has 0 radical (unpaired) electrons. The molecule has 3 heteroatoms. The molecule has 0 saturated heterocycles. The Morgan fingerprint density at radius 2 is 1.86 bits per heavy atom. The maximum atomic E-state index is 8.86. The van der Waals surface area contributed by atoms with Crippen molar-refractivity contribution >= 4 is 22.1 Å². The molecule has 0 unspecified atom stereocenters. The molecule has 0 aliphatic heterocycles. The molecule has 0 amide bonds. The van der Waals surface area contributed by atoms with E-state index in [0.717, 1.165) is 17.9 Å². The molecule has 0 aliphatic rings. The molecular weight excluding hydrogens is 258 g/mol. The summed E-state index contributed by atoms with van der Waals surface area (Å²) in [4.78, 5) is 6.37. The maximum Gasteiger partial charge on any atom is 0.140 e. The van der Waals surface area contributed by atoms with Crippen molar-refractivity contribution in [2.45, 2.75) is 6.92 Å². The van der Waals surface area contributed by atoms with Gasteiger partial charge in [-0.1, -0.05) is 36.4 Å². The summed E-state index contributed by atoms with van der Waals surface area (Å²) in [7, 11) is 0. The zero-order valence-electron chi connectivity index (χ0n) is 11.8. The Hall–Kier alpha value is -2.86. The van der Waals surface area contributed by atoms with Crippen LogP contribution in [-0.2, 0) is 0 Å². The van der Waals surface area contributed by atoms with Gasteiger partial charge in [0.1, 0.15) is 11.8 Å². The number of hydrogen-bond acceptors (Lipinski definition) is 3. The van der Waals surface area contributed by atoms with Crippen LogP contribution in [-0.4, -0.2) is 11.5 Å². The first-order valence-corrected chi connectivity index (χ1v) is 6.95. The monoisotopic (exact) mass is 273 g/mol. The fraction of sp³-hybridized carbons (Fsp3) is 0.111. The summed E-state index contributed by atoms with van der Waals surface area (Å²) in [6, 6.07) is 20.4. The molecule has 0 aliphatic carbocycles. The lowest BCUT2D eigenvalue weighted by atomic mass is 10.1. The van der Waals surface area contributed by atoms with Crippen LogP contribution in [0.3, 0.4) is 0 Å². The van der Waals surface area contributed by atoms with Crippen LogP contribution in [0.25, 0.3) is 10.8 Å². The number of pyridine rings is 1. The SMILES string of the molecule is CCN(c1ccc(C#N)nc1)c1cccc2ccccc12. The first-order chi connectivity index (χ1) is 10.3. The van der Waals surface area contributed by atoms with Crippen LogP contribution >= 0.6 is 0 Å². The minimum Gasteiger partial charge on any atom is -0.340 e. The van der Waals surface area contributed by atoms with Crippen LogP contribution in [0.2, 0.25) is 0 Å². The molecule has 21 heavy (non-hydrogen) atoms. The van der Waals surface area contributed by atoms with Crippen LogP contribution in [0.5, 0.6) is 0 Å². The Bertz CT molecular complexity index is 795. The Morgan fingerprint density at radius 1 is 1.05 bits per heavy atom. The fourth-order valence-corrected chi connectivity index (χ4v) is 2.55. The highest BCUT2D eigenvalue weighted by Gasteiger charge is 2.10. The van der Waals surface area contributed by atoms with Crippen molar-refractivity contribution in [3.63, 3.8) is 0 Å². The normalized spacial score (nSPS) is 10.3. The van der Waals surface area contributed by atoms with Gasteiger partial charge in [0.2, 0.25) is 0 Å². The molecule has 0 saturated carbocycles. The fourth-order valence-electron chi connectivity index (χ4n) is 2.55. The van der Waals surface area contributed by atoms with Crippen LogP contribution in [0.1, 0.15) is 12.6 Å². The average molecular weight is 273 g/mol. The zero-order valence-corrected chi connectivity index (χ0v) is 11.8. The summed E-state index contributed by atoms with van der Waals surface area (Å²) < 4.78 is 0. The summed E-state index contributed by atoms with van der Waals surface area (Å²) in [6.45, 7) is 2.95. The van der Waals surface area contributed by atoms with Gasteiger partial charge in [0, 0.05) is 17.6 Å². The zero-order chi connectivity index (χ0) is 14.7. The molecule has 0 atom stereocenters. The van der Waals surface area contributed by atoms with Crippen LogP contribution in [0, 0.1) is 11.3 Å². The molecule has 0 bridgehead atoms. The van der Waals surface area contributed by atoms with E-state index < -0.39 is 0 Å². The number of fused-ring (bicyclic) bond motifs is 1. The van der Waals surface area contributed by atoms with Crippen molar-refractivity contribution in [1.29, 1.82) is 5.26 Å². The van der Waals surface area contributed by atoms with E-state index in [-0.39, 0.29) is 0 Å². The van der Waals surface area contributed by atoms with Crippen molar-refractivity contribution < 1.29 is 0 Å². The van der Waals surface area contributed by atoms with E-state index in [4.69, 9.17) is 5.26 Å². The second-order valence-electron chi connectivity index (χ2n) is 4.76. The van der Waals surface area contributed by atoms with Crippen molar-refractivity contribution in [3.05, 3.63) is 66.5 Å². The number of nitrogens with zero attached hydrogens (tertiary/aromatic N) is 3. The molecule has 0 N–H and O–H groups in total. The summed E-state index contributed by atoms with van der Waals surface area (Å²) in [5.41, 5.74) is 2.59. The van der Waals surface area contributed by atoms with Crippen LogP contribution in [0.4, 0.5) is 11.4 Å². The number of benzene rings is 2. The predicted molar refractivity (Wildman–Crippen MR) is 85.6 cm³/mol. The minimum atomic E-state index is 0.438. The Labute approximate surface area is 124 Å². The molecule has 2 aromatic carbocycles. The topological polar surface area (TPSA) is 39.9 Å². The lowest BCUT2D eigenvalue weighted by Gasteiger charge is -2.24. The first-order valence-electron chi connectivity index (χ1n) is 6.95. The number of nitriles is 1. The van der Waals surface area contributed by atoms with Crippen LogP contribution in [0.15, 0.2) is 60.8 Å². The third-order valence-corrected chi connectivity index (χ3v) is 3.55. The third kappa shape index (κ3) is 2.44. The highest BCUT2D eigenvalue weighted by Crippen LogP contribution is 2.31. The lowest BCUT2D eigenvalue weighted by Crippen LogP contribution is -2.16. The smallest absolute Gasteiger partial charge is 0.140 e. The van der Waals surface area contributed by atoms with Gasteiger partial charge < -0.3 is 4.90 Å². The van der Waals surface area contributed by atoms with E-state index in [2.05, 4.69) is 59.3 Å². The van der Waals surface area contributed by atoms with Crippen molar-refractivity contribution in [2.24, 2.45) is 0 Å². The van der Waals surface area contributed by atoms with E-state index in [1.54, 1.807) is 12.3 Å². The summed E-state index contributed by atoms with van der Waals surface area (Å²) in [6.07, 6.45) is 1.75. The van der Waals surface area contributed by atoms with Gasteiger partial charge in [-0.2, -0.15) is 5.26 Å². The first kappa shape index (κ1) is 13.1. The van der Waals surface area contributed by atoms with E-state index in [1.165, 1.54) is 10.8 Å². The van der Waals surface area contributed by atoms with Crippen molar-refractivity contribution in [3.8, 4) is 6.07 Å². The highest BCUT2D eigenvalue weighted by atomic mass is 15.1. The largest absolute Gasteiger partial charge is 0.340 e. The summed E-state index contributed by atoms with van der Waals surface area (Å²) >= 11 is 0. The van der Waals surface area contributed by atoms with Gasteiger partial charge in [-0.25, -0.2) is 4.98 Å². The van der Waals surface area contributed by atoms with Crippen LogP contribution < -0.4 is 4.90 Å². The Morgan fingerprint density at radius 3 is 2.57 bits per heavy atom. The number of rotatable bonds is 3. The molecule has 102 valence electrons. The molecular formula is C18H15N3. The summed E-state index contributed by atoms with van der Waals surface area (Å²) in [5, 5.41) is 11.3. The molecule has 3 rings (SSSR count). The lowest BCUT2D eigenvalue weighted by molar-refractivity contribution is 1.02. The molecule has 1 aromatic heterocycles.